The fourth-order valence-electron chi connectivity index (χ4n) is 1.06. The molecule has 0 aliphatic heterocycles. The number of thioether (sulfide) groups is 1. The van der Waals surface area contributed by atoms with Crippen molar-refractivity contribution in [2.45, 2.75) is 20.3 Å². The van der Waals surface area contributed by atoms with Crippen molar-refractivity contribution in [3.8, 4) is 0 Å². The quantitative estimate of drug-likeness (QED) is 0.428. The summed E-state index contributed by atoms with van der Waals surface area (Å²) in [5.74, 6) is 1.76. The molecule has 0 radical (unpaired) electrons. The molecule has 0 fully saturated rings. The van der Waals surface area contributed by atoms with Crippen LogP contribution in [0.25, 0.3) is 0 Å². The second kappa shape index (κ2) is 9.07. The normalized spacial score (nSPS) is 10.6. The lowest BCUT2D eigenvalue weighted by molar-refractivity contribution is -0.105. The predicted octanol–water partition coefficient (Wildman–Crippen LogP) is 1.65. The van der Waals surface area contributed by atoms with E-state index in [0.29, 0.717) is 5.75 Å². The zero-order valence-electron chi connectivity index (χ0n) is 8.08. The molecule has 0 atom stereocenters. The van der Waals surface area contributed by atoms with Crippen LogP contribution in [0.15, 0.2) is 0 Å². The van der Waals surface area contributed by atoms with E-state index >= 15 is 0 Å². The van der Waals surface area contributed by atoms with Crippen molar-refractivity contribution in [2.75, 3.05) is 31.1 Å². The lowest BCUT2D eigenvalue weighted by Crippen LogP contribution is -2.24. The first kappa shape index (κ1) is 12.0. The third kappa shape index (κ3) is 6.68. The fourth-order valence-corrected chi connectivity index (χ4v) is 1.66. The van der Waals surface area contributed by atoms with Gasteiger partial charge < -0.3 is 9.69 Å². The van der Waals surface area contributed by atoms with E-state index in [9.17, 15) is 4.79 Å². The molecular formula is C9H19NOS. The van der Waals surface area contributed by atoms with Gasteiger partial charge in [0.05, 0.1) is 0 Å². The van der Waals surface area contributed by atoms with Gasteiger partial charge in [0.2, 0.25) is 0 Å². The van der Waals surface area contributed by atoms with Crippen LogP contribution in [0.2, 0.25) is 0 Å². The van der Waals surface area contributed by atoms with Gasteiger partial charge >= 0.3 is 0 Å². The van der Waals surface area contributed by atoms with Gasteiger partial charge in [-0.1, -0.05) is 13.8 Å². The standard InChI is InChI=1S/C9H19NOS/c1-3-10(4-2)6-5-8-12-9-7-11/h7H,3-6,8-9H2,1-2H3. The lowest BCUT2D eigenvalue weighted by Gasteiger charge is -2.17. The average molecular weight is 189 g/mol. The Kier molecular flexibility index (Phi) is 9.06. The molecule has 0 saturated heterocycles. The lowest BCUT2D eigenvalue weighted by atomic mass is 10.4. The number of carbonyl (C=O) groups is 1. The Morgan fingerprint density at radius 2 is 2.00 bits per heavy atom. The molecule has 2 nitrogen and oxygen atoms in total. The summed E-state index contributed by atoms with van der Waals surface area (Å²) >= 11 is 1.72. The number of carbonyl (C=O) groups excluding carboxylic acids is 1. The summed E-state index contributed by atoms with van der Waals surface area (Å²) in [6.07, 6.45) is 2.17. The minimum absolute atomic E-state index is 0.651. The highest BCUT2D eigenvalue weighted by Gasteiger charge is 1.97. The molecule has 0 rings (SSSR count). The van der Waals surface area contributed by atoms with Crippen LogP contribution in [-0.2, 0) is 4.79 Å². The van der Waals surface area contributed by atoms with Gasteiger partial charge in [0.25, 0.3) is 0 Å². The van der Waals surface area contributed by atoms with E-state index in [-0.39, 0.29) is 0 Å². The molecule has 0 bridgehead atoms. The number of hydrogen-bond acceptors (Lipinski definition) is 3. The van der Waals surface area contributed by atoms with Gasteiger partial charge in [-0.3, -0.25) is 0 Å². The van der Waals surface area contributed by atoms with Gasteiger partial charge in [0, 0.05) is 5.75 Å². The molecule has 0 saturated carbocycles. The van der Waals surface area contributed by atoms with Crippen LogP contribution in [0.3, 0.4) is 0 Å². The average Bonchev–Trinajstić information content (AvgIpc) is 2.11. The minimum atomic E-state index is 0.651. The van der Waals surface area contributed by atoms with Crippen molar-refractivity contribution in [2.24, 2.45) is 0 Å². The largest absolute Gasteiger partial charge is 0.304 e. The van der Waals surface area contributed by atoms with Crippen LogP contribution >= 0.6 is 11.8 Å². The first-order valence-corrected chi connectivity index (χ1v) is 5.74. The number of hydrogen-bond donors (Lipinski definition) is 0. The third-order valence-electron chi connectivity index (χ3n) is 1.84. The number of nitrogens with zero attached hydrogens (tertiary/aromatic N) is 1. The van der Waals surface area contributed by atoms with Gasteiger partial charge in [0.1, 0.15) is 6.29 Å². The Hall–Kier alpha value is -0.0200. The maximum Gasteiger partial charge on any atom is 0.129 e. The molecule has 0 aromatic rings. The fraction of sp³-hybridized carbons (Fsp3) is 0.889. The maximum atomic E-state index is 9.98. The zero-order valence-corrected chi connectivity index (χ0v) is 8.90. The molecule has 0 N–H and O–H groups in total. The monoisotopic (exact) mass is 189 g/mol. The van der Waals surface area contributed by atoms with Crippen LogP contribution in [0.4, 0.5) is 0 Å². The predicted molar refractivity (Wildman–Crippen MR) is 55.8 cm³/mol. The second-order valence-corrected chi connectivity index (χ2v) is 3.77. The highest BCUT2D eigenvalue weighted by atomic mass is 32.2. The Morgan fingerprint density at radius 3 is 2.50 bits per heavy atom. The molecule has 0 aliphatic rings. The Bertz CT molecular complexity index is 105. The summed E-state index contributed by atoms with van der Waals surface area (Å²) in [5, 5.41) is 0. The molecule has 0 aromatic carbocycles. The summed E-state index contributed by atoms with van der Waals surface area (Å²) in [6, 6.07) is 0. The number of aldehydes is 1. The topological polar surface area (TPSA) is 20.3 Å². The van der Waals surface area contributed by atoms with Crippen LogP contribution < -0.4 is 0 Å². The highest BCUT2D eigenvalue weighted by molar-refractivity contribution is 7.99. The van der Waals surface area contributed by atoms with Crippen molar-refractivity contribution < 1.29 is 4.79 Å². The SMILES string of the molecule is CCN(CC)CCCSCC=O. The molecule has 0 aromatic heterocycles. The van der Waals surface area contributed by atoms with Gasteiger partial charge in [-0.05, 0) is 31.8 Å². The van der Waals surface area contributed by atoms with Crippen LogP contribution in [0.5, 0.6) is 0 Å². The van der Waals surface area contributed by atoms with Gasteiger partial charge in [-0.15, -0.1) is 0 Å². The summed E-state index contributed by atoms with van der Waals surface area (Å²) in [6.45, 7) is 7.80. The van der Waals surface area contributed by atoms with Crippen molar-refractivity contribution in [1.29, 1.82) is 0 Å². The van der Waals surface area contributed by atoms with E-state index in [1.807, 2.05) is 0 Å². The number of rotatable bonds is 8. The zero-order chi connectivity index (χ0) is 9.23. The van der Waals surface area contributed by atoms with Crippen LogP contribution in [0.1, 0.15) is 20.3 Å². The smallest absolute Gasteiger partial charge is 0.129 e. The Labute approximate surface area is 79.7 Å². The molecule has 0 spiro atoms. The van der Waals surface area contributed by atoms with E-state index in [1.54, 1.807) is 11.8 Å². The van der Waals surface area contributed by atoms with Crippen molar-refractivity contribution in [3.63, 3.8) is 0 Å². The summed E-state index contributed by atoms with van der Waals surface area (Å²) in [7, 11) is 0. The molecule has 72 valence electrons. The third-order valence-corrected chi connectivity index (χ3v) is 2.79. The van der Waals surface area contributed by atoms with Crippen LogP contribution in [0, 0.1) is 0 Å². The molecule has 0 amide bonds. The van der Waals surface area contributed by atoms with Crippen molar-refractivity contribution in [1.82, 2.24) is 4.90 Å². The summed E-state index contributed by atoms with van der Waals surface area (Å²) in [4.78, 5) is 12.4. The van der Waals surface area contributed by atoms with Gasteiger partial charge in [-0.25, -0.2) is 0 Å². The van der Waals surface area contributed by atoms with E-state index in [1.165, 1.54) is 13.0 Å². The minimum Gasteiger partial charge on any atom is -0.304 e. The first-order chi connectivity index (χ1) is 5.85. The first-order valence-electron chi connectivity index (χ1n) is 4.58. The van der Waals surface area contributed by atoms with E-state index in [0.717, 1.165) is 25.1 Å². The molecule has 0 aliphatic carbocycles. The molecule has 0 heterocycles. The van der Waals surface area contributed by atoms with E-state index < -0.39 is 0 Å². The van der Waals surface area contributed by atoms with Gasteiger partial charge in [-0.2, -0.15) is 11.8 Å². The highest BCUT2D eigenvalue weighted by Crippen LogP contribution is 2.01. The molecular weight excluding hydrogens is 170 g/mol. The summed E-state index contributed by atoms with van der Waals surface area (Å²) < 4.78 is 0. The second-order valence-electron chi connectivity index (χ2n) is 2.62. The van der Waals surface area contributed by atoms with E-state index in [4.69, 9.17) is 0 Å². The summed E-state index contributed by atoms with van der Waals surface area (Å²) in [5.41, 5.74) is 0. The maximum absolute atomic E-state index is 9.98. The Morgan fingerprint density at radius 1 is 1.33 bits per heavy atom. The van der Waals surface area contributed by atoms with Crippen LogP contribution in [-0.4, -0.2) is 42.3 Å². The molecule has 3 heteroatoms. The van der Waals surface area contributed by atoms with Crippen molar-refractivity contribution in [3.05, 3.63) is 0 Å². The molecule has 0 unspecified atom stereocenters. The molecule has 12 heavy (non-hydrogen) atoms. The van der Waals surface area contributed by atoms with E-state index in [2.05, 4.69) is 18.7 Å². The Balaban J connectivity index is 3.11. The van der Waals surface area contributed by atoms with Gasteiger partial charge in [0.15, 0.2) is 0 Å². The van der Waals surface area contributed by atoms with Crippen molar-refractivity contribution >= 4 is 18.0 Å².